The van der Waals surface area contributed by atoms with Crippen LogP contribution in [0.1, 0.15) is 43.7 Å². The fourth-order valence-electron chi connectivity index (χ4n) is 3.64. The van der Waals surface area contributed by atoms with Crippen molar-refractivity contribution in [2.24, 2.45) is 5.92 Å². The largest absolute Gasteiger partial charge is 0.494 e. The van der Waals surface area contributed by atoms with Crippen molar-refractivity contribution in [1.82, 2.24) is 4.31 Å². The van der Waals surface area contributed by atoms with E-state index in [2.05, 4.69) is 12.2 Å². The molecule has 1 heterocycles. The molecule has 0 unspecified atom stereocenters. The van der Waals surface area contributed by atoms with Gasteiger partial charge in [-0.3, -0.25) is 4.79 Å². The summed E-state index contributed by atoms with van der Waals surface area (Å²) in [7, 11) is -3.64. The van der Waals surface area contributed by atoms with Gasteiger partial charge in [0.1, 0.15) is 5.75 Å². The standard InChI is InChI=1S/C24H29N3O4S/c1-3-4-15-31-21-7-10-23(18(2)16-21)26-24(28)20-11-13-27(14-12-20)32(29,30)22-8-5-19(17-25)6-9-22/h5-10,16,20H,3-4,11-15H2,1-2H3,(H,26,28). The Morgan fingerprint density at radius 2 is 1.88 bits per heavy atom. The van der Waals surface area contributed by atoms with Gasteiger partial charge in [0.2, 0.25) is 15.9 Å². The Labute approximate surface area is 190 Å². The molecule has 1 aliphatic heterocycles. The number of amides is 1. The van der Waals surface area contributed by atoms with E-state index in [9.17, 15) is 13.2 Å². The number of nitrogens with one attached hydrogen (secondary N) is 1. The zero-order valence-corrected chi connectivity index (χ0v) is 19.3. The molecule has 3 rings (SSSR count). The Hall–Kier alpha value is -2.89. The lowest BCUT2D eigenvalue weighted by atomic mass is 9.97. The Bertz CT molecular complexity index is 1080. The summed E-state index contributed by atoms with van der Waals surface area (Å²) in [5.41, 5.74) is 2.08. The summed E-state index contributed by atoms with van der Waals surface area (Å²) in [6.45, 7) is 5.27. The van der Waals surface area contributed by atoms with Crippen molar-refractivity contribution < 1.29 is 17.9 Å². The van der Waals surface area contributed by atoms with Crippen LogP contribution in [0.5, 0.6) is 5.75 Å². The highest BCUT2D eigenvalue weighted by molar-refractivity contribution is 7.89. The van der Waals surface area contributed by atoms with Gasteiger partial charge in [0.25, 0.3) is 0 Å². The quantitative estimate of drug-likeness (QED) is 0.605. The van der Waals surface area contributed by atoms with E-state index in [4.69, 9.17) is 10.00 Å². The predicted octanol–water partition coefficient (Wildman–Crippen LogP) is 4.09. The fraction of sp³-hybridized carbons (Fsp3) is 0.417. The maximum Gasteiger partial charge on any atom is 0.243 e. The maximum atomic E-state index is 12.9. The normalized spacial score (nSPS) is 15.2. The van der Waals surface area contributed by atoms with Crippen molar-refractivity contribution in [2.45, 2.75) is 44.4 Å². The summed E-state index contributed by atoms with van der Waals surface area (Å²) in [5, 5.41) is 11.9. The van der Waals surface area contributed by atoms with E-state index in [1.54, 1.807) is 0 Å². The zero-order chi connectivity index (χ0) is 23.1. The molecule has 0 bridgehead atoms. The average Bonchev–Trinajstić information content (AvgIpc) is 2.81. The van der Waals surface area contributed by atoms with Crippen LogP contribution in [-0.4, -0.2) is 38.3 Å². The molecule has 8 heteroatoms. The third-order valence-electron chi connectivity index (χ3n) is 5.67. The van der Waals surface area contributed by atoms with Gasteiger partial charge in [-0.25, -0.2) is 8.42 Å². The van der Waals surface area contributed by atoms with E-state index >= 15 is 0 Å². The summed E-state index contributed by atoms with van der Waals surface area (Å²) >= 11 is 0. The highest BCUT2D eigenvalue weighted by atomic mass is 32.2. The van der Waals surface area contributed by atoms with Crippen LogP contribution in [0.15, 0.2) is 47.4 Å². The van der Waals surface area contributed by atoms with Crippen LogP contribution in [0.4, 0.5) is 5.69 Å². The Morgan fingerprint density at radius 3 is 2.47 bits per heavy atom. The number of nitriles is 1. The van der Waals surface area contributed by atoms with Crippen molar-refractivity contribution in [3.05, 3.63) is 53.6 Å². The van der Waals surface area contributed by atoms with E-state index in [1.807, 2.05) is 31.2 Å². The molecule has 0 radical (unpaired) electrons. The first-order valence-electron chi connectivity index (χ1n) is 10.9. The van der Waals surface area contributed by atoms with Gasteiger partial charge < -0.3 is 10.1 Å². The molecule has 170 valence electrons. The molecule has 1 amide bonds. The minimum absolute atomic E-state index is 0.0943. The molecular formula is C24H29N3O4S. The Kier molecular flexibility index (Phi) is 7.89. The number of aryl methyl sites for hydroxylation is 1. The number of carbonyl (C=O) groups excluding carboxylic acids is 1. The van der Waals surface area contributed by atoms with Crippen LogP contribution < -0.4 is 10.1 Å². The molecule has 1 aliphatic rings. The molecule has 0 aromatic heterocycles. The third-order valence-corrected chi connectivity index (χ3v) is 7.58. The summed E-state index contributed by atoms with van der Waals surface area (Å²) in [6, 6.07) is 13.5. The lowest BCUT2D eigenvalue weighted by Gasteiger charge is -2.30. The van der Waals surface area contributed by atoms with Crippen molar-refractivity contribution in [3.8, 4) is 11.8 Å². The maximum absolute atomic E-state index is 12.9. The molecule has 7 nitrogen and oxygen atoms in total. The van der Waals surface area contributed by atoms with Crippen LogP contribution in [0, 0.1) is 24.2 Å². The minimum atomic E-state index is -3.64. The Balaban J connectivity index is 1.56. The van der Waals surface area contributed by atoms with Gasteiger partial charge in [0.15, 0.2) is 0 Å². The monoisotopic (exact) mass is 455 g/mol. The highest BCUT2D eigenvalue weighted by Crippen LogP contribution is 2.27. The molecule has 2 aromatic carbocycles. The number of carbonyl (C=O) groups is 1. The van der Waals surface area contributed by atoms with Gasteiger partial charge >= 0.3 is 0 Å². The van der Waals surface area contributed by atoms with E-state index in [0.29, 0.717) is 25.0 Å². The van der Waals surface area contributed by atoms with E-state index in [1.165, 1.54) is 28.6 Å². The summed E-state index contributed by atoms with van der Waals surface area (Å²) in [4.78, 5) is 12.9. The summed E-state index contributed by atoms with van der Waals surface area (Å²) < 4.78 is 32.8. The van der Waals surface area contributed by atoms with Crippen molar-refractivity contribution in [2.75, 3.05) is 25.0 Å². The van der Waals surface area contributed by atoms with Crippen LogP contribution in [-0.2, 0) is 14.8 Å². The molecular weight excluding hydrogens is 426 g/mol. The first kappa shape index (κ1) is 23.8. The number of hydrogen-bond acceptors (Lipinski definition) is 5. The molecule has 0 aliphatic carbocycles. The molecule has 1 N–H and O–H groups in total. The van der Waals surface area contributed by atoms with Gasteiger partial charge in [0.05, 0.1) is 23.1 Å². The molecule has 1 fully saturated rings. The SMILES string of the molecule is CCCCOc1ccc(NC(=O)C2CCN(S(=O)(=O)c3ccc(C#N)cc3)CC2)c(C)c1. The number of hydrogen-bond donors (Lipinski definition) is 1. The van der Waals surface area contributed by atoms with Crippen molar-refractivity contribution in [3.63, 3.8) is 0 Å². The van der Waals surface area contributed by atoms with E-state index in [-0.39, 0.29) is 29.8 Å². The number of nitrogens with zero attached hydrogens (tertiary/aromatic N) is 2. The number of benzene rings is 2. The van der Waals surface area contributed by atoms with Crippen LogP contribution >= 0.6 is 0 Å². The lowest BCUT2D eigenvalue weighted by molar-refractivity contribution is -0.120. The van der Waals surface area contributed by atoms with Gasteiger partial charge in [0, 0.05) is 24.7 Å². The van der Waals surface area contributed by atoms with Crippen LogP contribution in [0.25, 0.3) is 0 Å². The first-order valence-corrected chi connectivity index (χ1v) is 12.3. The summed E-state index contributed by atoms with van der Waals surface area (Å²) in [5.74, 6) is 0.445. The molecule has 0 saturated carbocycles. The number of sulfonamides is 1. The number of unbranched alkanes of at least 4 members (excludes halogenated alkanes) is 1. The average molecular weight is 456 g/mol. The number of rotatable bonds is 8. The minimum Gasteiger partial charge on any atom is -0.494 e. The third kappa shape index (κ3) is 5.67. The topological polar surface area (TPSA) is 99.5 Å². The first-order chi connectivity index (χ1) is 15.3. The number of anilines is 1. The van der Waals surface area contributed by atoms with Gasteiger partial charge in [-0.1, -0.05) is 13.3 Å². The Morgan fingerprint density at radius 1 is 1.19 bits per heavy atom. The molecule has 1 saturated heterocycles. The van der Waals surface area contributed by atoms with Crippen molar-refractivity contribution >= 4 is 21.6 Å². The fourth-order valence-corrected chi connectivity index (χ4v) is 5.11. The number of piperidine rings is 1. The molecule has 2 aromatic rings. The van der Waals surface area contributed by atoms with E-state index in [0.717, 1.165) is 29.8 Å². The molecule has 0 spiro atoms. The van der Waals surface area contributed by atoms with Gasteiger partial charge in [-0.2, -0.15) is 9.57 Å². The highest BCUT2D eigenvalue weighted by Gasteiger charge is 2.32. The van der Waals surface area contributed by atoms with Crippen LogP contribution in [0.2, 0.25) is 0 Å². The second kappa shape index (κ2) is 10.6. The second-order valence-electron chi connectivity index (χ2n) is 7.98. The number of ether oxygens (including phenoxy) is 1. The van der Waals surface area contributed by atoms with Crippen LogP contribution in [0.3, 0.4) is 0 Å². The smallest absolute Gasteiger partial charge is 0.243 e. The van der Waals surface area contributed by atoms with Gasteiger partial charge in [-0.05, 0) is 74.2 Å². The molecule has 32 heavy (non-hydrogen) atoms. The van der Waals surface area contributed by atoms with Crippen molar-refractivity contribution in [1.29, 1.82) is 5.26 Å². The zero-order valence-electron chi connectivity index (χ0n) is 18.5. The predicted molar refractivity (Wildman–Crippen MR) is 123 cm³/mol. The second-order valence-corrected chi connectivity index (χ2v) is 9.92. The summed E-state index contributed by atoms with van der Waals surface area (Å²) in [6.07, 6.45) is 2.98. The lowest BCUT2D eigenvalue weighted by Crippen LogP contribution is -2.41. The van der Waals surface area contributed by atoms with Gasteiger partial charge in [-0.15, -0.1) is 0 Å². The molecule has 0 atom stereocenters. The van der Waals surface area contributed by atoms with E-state index < -0.39 is 10.0 Å².